The Balaban J connectivity index is 1.76. The van der Waals surface area contributed by atoms with E-state index < -0.39 is 18.3 Å². The number of hydrogen-bond donors (Lipinski definition) is 3. The zero-order chi connectivity index (χ0) is 24.9. The Bertz CT molecular complexity index is 752. The number of allylic oxidation sites excluding steroid dienone is 2. The van der Waals surface area contributed by atoms with Crippen LogP contribution in [0, 0.1) is 17.8 Å². The zero-order valence-corrected chi connectivity index (χ0v) is 21.8. The van der Waals surface area contributed by atoms with Gasteiger partial charge in [0.2, 0.25) is 0 Å². The number of halogens is 1. The fraction of sp³-hybridized carbons (Fsp3) is 0.643. The highest BCUT2D eigenvalue weighted by atomic mass is 35.5. The molecule has 0 bridgehead atoms. The number of aliphatic hydroxyl groups is 3. The molecule has 34 heavy (non-hydrogen) atoms. The number of benzene rings is 1. The third-order valence-corrected chi connectivity index (χ3v) is 7.16. The van der Waals surface area contributed by atoms with Crippen LogP contribution in [0.25, 0.3) is 0 Å². The molecule has 0 spiro atoms. The maximum absolute atomic E-state index is 10.5. The Morgan fingerprint density at radius 2 is 1.91 bits per heavy atom. The van der Waals surface area contributed by atoms with Crippen LogP contribution in [0.2, 0.25) is 5.02 Å². The first-order chi connectivity index (χ1) is 16.3. The van der Waals surface area contributed by atoms with Gasteiger partial charge in [0.25, 0.3) is 0 Å². The van der Waals surface area contributed by atoms with Crippen LogP contribution in [-0.4, -0.2) is 64.8 Å². The Morgan fingerprint density at radius 3 is 2.62 bits per heavy atom. The first-order valence-corrected chi connectivity index (χ1v) is 13.2. The fourth-order valence-corrected chi connectivity index (χ4v) is 4.78. The summed E-state index contributed by atoms with van der Waals surface area (Å²) in [7, 11) is 0. The number of rotatable bonds is 15. The second-order valence-corrected chi connectivity index (χ2v) is 9.97. The van der Waals surface area contributed by atoms with Crippen molar-refractivity contribution in [2.24, 2.45) is 17.8 Å². The van der Waals surface area contributed by atoms with E-state index in [0.29, 0.717) is 23.1 Å². The monoisotopic (exact) mass is 493 g/mol. The van der Waals surface area contributed by atoms with E-state index in [1.807, 2.05) is 6.08 Å². The van der Waals surface area contributed by atoms with Crippen LogP contribution < -0.4 is 4.74 Å². The Kier molecular flexibility index (Phi) is 13.2. The molecule has 0 aromatic heterocycles. The molecule has 0 heterocycles. The van der Waals surface area contributed by atoms with Gasteiger partial charge >= 0.3 is 0 Å². The summed E-state index contributed by atoms with van der Waals surface area (Å²) in [6.45, 7) is 10.2. The van der Waals surface area contributed by atoms with Gasteiger partial charge in [0, 0.05) is 17.4 Å². The van der Waals surface area contributed by atoms with Crippen molar-refractivity contribution in [1.82, 2.24) is 4.90 Å². The molecule has 5 nitrogen and oxygen atoms in total. The van der Waals surface area contributed by atoms with Gasteiger partial charge in [0.1, 0.15) is 18.5 Å². The van der Waals surface area contributed by atoms with Gasteiger partial charge in [-0.2, -0.15) is 0 Å². The lowest BCUT2D eigenvalue weighted by molar-refractivity contribution is 0.120. The SMILES string of the molecule is CCN(CC)CCC(C)CCC=CCC1C(O)CC(O)C1C=CC(O)COc1cccc(Cl)c1. The highest BCUT2D eigenvalue weighted by Gasteiger charge is 2.39. The van der Waals surface area contributed by atoms with Crippen molar-refractivity contribution in [2.45, 2.75) is 71.2 Å². The molecule has 6 unspecified atom stereocenters. The Hall–Kier alpha value is -1.37. The molecule has 1 aliphatic rings. The molecule has 2 rings (SSSR count). The molecule has 1 aliphatic carbocycles. The summed E-state index contributed by atoms with van der Waals surface area (Å²) in [5.41, 5.74) is 0. The van der Waals surface area contributed by atoms with E-state index >= 15 is 0 Å². The lowest BCUT2D eigenvalue weighted by atomic mass is 9.89. The number of nitrogens with zero attached hydrogens (tertiary/aromatic N) is 1. The minimum atomic E-state index is -0.807. The summed E-state index contributed by atoms with van der Waals surface area (Å²) < 4.78 is 5.58. The molecule has 0 saturated heterocycles. The van der Waals surface area contributed by atoms with Gasteiger partial charge in [0.05, 0.1) is 12.2 Å². The van der Waals surface area contributed by atoms with Crippen molar-refractivity contribution in [3.8, 4) is 5.75 Å². The first-order valence-electron chi connectivity index (χ1n) is 12.8. The van der Waals surface area contributed by atoms with Gasteiger partial charge in [0.15, 0.2) is 0 Å². The van der Waals surface area contributed by atoms with Crippen LogP contribution in [-0.2, 0) is 0 Å². The third-order valence-electron chi connectivity index (χ3n) is 6.92. The normalized spacial score (nSPS) is 24.9. The fourth-order valence-electron chi connectivity index (χ4n) is 4.60. The predicted octanol–water partition coefficient (Wildman–Crippen LogP) is 5.09. The second kappa shape index (κ2) is 15.6. The van der Waals surface area contributed by atoms with Crippen LogP contribution in [0.15, 0.2) is 48.6 Å². The van der Waals surface area contributed by atoms with E-state index in [-0.39, 0.29) is 18.4 Å². The number of hydrogen-bond acceptors (Lipinski definition) is 5. The van der Waals surface area contributed by atoms with Crippen molar-refractivity contribution in [2.75, 3.05) is 26.2 Å². The maximum Gasteiger partial charge on any atom is 0.120 e. The molecule has 192 valence electrons. The number of aliphatic hydroxyl groups excluding tert-OH is 3. The van der Waals surface area contributed by atoms with Gasteiger partial charge in [-0.1, -0.05) is 62.7 Å². The Morgan fingerprint density at radius 1 is 1.15 bits per heavy atom. The van der Waals surface area contributed by atoms with Gasteiger partial charge in [-0.15, -0.1) is 0 Å². The molecular formula is C28H44ClNO4. The average molecular weight is 494 g/mol. The quantitative estimate of drug-likeness (QED) is 0.297. The minimum absolute atomic E-state index is 0.0522. The molecule has 0 amide bonds. The van der Waals surface area contributed by atoms with Crippen LogP contribution >= 0.6 is 11.6 Å². The van der Waals surface area contributed by atoms with E-state index in [1.165, 1.54) is 6.42 Å². The van der Waals surface area contributed by atoms with E-state index in [2.05, 4.69) is 37.8 Å². The molecule has 1 saturated carbocycles. The summed E-state index contributed by atoms with van der Waals surface area (Å²) in [5.74, 6) is 1.05. The summed E-state index contributed by atoms with van der Waals surface area (Å²) in [6, 6.07) is 7.04. The van der Waals surface area contributed by atoms with E-state index in [0.717, 1.165) is 38.9 Å². The molecule has 6 heteroatoms. The van der Waals surface area contributed by atoms with Gasteiger partial charge < -0.3 is 25.0 Å². The van der Waals surface area contributed by atoms with E-state index in [4.69, 9.17) is 16.3 Å². The summed E-state index contributed by atoms with van der Waals surface area (Å²) in [6.07, 6.45) is 10.4. The molecule has 6 atom stereocenters. The number of ether oxygens (including phenoxy) is 1. The summed E-state index contributed by atoms with van der Waals surface area (Å²) >= 11 is 5.95. The molecular weight excluding hydrogens is 450 g/mol. The standard InChI is InChI=1S/C28H44ClNO4/c1-4-30(5-2)17-16-21(3)10-7-6-8-13-25-26(28(33)19-27(25)32)15-14-23(31)20-34-24-12-9-11-22(29)18-24/h6,8-9,11-12,14-15,18,21,23,25-28,31-33H,4-5,7,10,13,16-17,19-20H2,1-3H3. The molecule has 1 fully saturated rings. The maximum atomic E-state index is 10.5. The second-order valence-electron chi connectivity index (χ2n) is 9.54. The third kappa shape index (κ3) is 10.1. The summed E-state index contributed by atoms with van der Waals surface area (Å²) in [4.78, 5) is 2.47. The van der Waals surface area contributed by atoms with E-state index in [1.54, 1.807) is 30.3 Å². The average Bonchev–Trinajstić information content (AvgIpc) is 3.08. The first kappa shape index (κ1) is 28.9. The smallest absolute Gasteiger partial charge is 0.120 e. The van der Waals surface area contributed by atoms with Crippen LogP contribution in [0.4, 0.5) is 0 Å². The lowest BCUT2D eigenvalue weighted by Crippen LogP contribution is -2.25. The highest BCUT2D eigenvalue weighted by molar-refractivity contribution is 6.30. The van der Waals surface area contributed by atoms with Crippen molar-refractivity contribution in [1.29, 1.82) is 0 Å². The van der Waals surface area contributed by atoms with Crippen molar-refractivity contribution in [3.63, 3.8) is 0 Å². The summed E-state index contributed by atoms with van der Waals surface area (Å²) in [5, 5.41) is 31.7. The molecule has 0 radical (unpaired) electrons. The van der Waals surface area contributed by atoms with Gasteiger partial charge in [-0.3, -0.25) is 0 Å². The topological polar surface area (TPSA) is 73.2 Å². The van der Waals surface area contributed by atoms with Crippen molar-refractivity contribution >= 4 is 11.6 Å². The Labute approximate surface area is 211 Å². The van der Waals surface area contributed by atoms with Gasteiger partial charge in [-0.25, -0.2) is 0 Å². The molecule has 1 aromatic rings. The zero-order valence-electron chi connectivity index (χ0n) is 21.0. The molecule has 0 aliphatic heterocycles. The van der Waals surface area contributed by atoms with Crippen LogP contribution in [0.3, 0.4) is 0 Å². The molecule has 1 aromatic carbocycles. The van der Waals surface area contributed by atoms with E-state index in [9.17, 15) is 15.3 Å². The van der Waals surface area contributed by atoms with Crippen molar-refractivity contribution < 1.29 is 20.1 Å². The lowest BCUT2D eigenvalue weighted by Gasteiger charge is -2.20. The van der Waals surface area contributed by atoms with Crippen molar-refractivity contribution in [3.05, 3.63) is 53.6 Å². The highest BCUT2D eigenvalue weighted by Crippen LogP contribution is 2.36. The molecule has 3 N–H and O–H groups in total. The minimum Gasteiger partial charge on any atom is -0.491 e. The predicted molar refractivity (Wildman–Crippen MR) is 140 cm³/mol. The largest absolute Gasteiger partial charge is 0.491 e. The van der Waals surface area contributed by atoms with Crippen LogP contribution in [0.5, 0.6) is 5.75 Å². The van der Waals surface area contributed by atoms with Crippen LogP contribution in [0.1, 0.15) is 52.9 Å². The van der Waals surface area contributed by atoms with Gasteiger partial charge in [-0.05, 0) is 75.4 Å².